The minimum atomic E-state index is -0.488. The van der Waals surface area contributed by atoms with E-state index < -0.39 is 12.1 Å². The molecule has 18 heavy (non-hydrogen) atoms. The van der Waals surface area contributed by atoms with Gasteiger partial charge in [0.1, 0.15) is 6.26 Å². The summed E-state index contributed by atoms with van der Waals surface area (Å²) in [4.78, 5) is 17.4. The van der Waals surface area contributed by atoms with E-state index >= 15 is 0 Å². The van der Waals surface area contributed by atoms with Crippen LogP contribution in [0.4, 0.5) is 6.01 Å². The van der Waals surface area contributed by atoms with Crippen molar-refractivity contribution in [2.75, 3.05) is 24.6 Å². The summed E-state index contributed by atoms with van der Waals surface area (Å²) in [6.45, 7) is 5.30. The normalized spacial score (nSPS) is 24.1. The van der Waals surface area contributed by atoms with Gasteiger partial charge in [0.15, 0.2) is 5.69 Å². The van der Waals surface area contributed by atoms with Crippen molar-refractivity contribution in [3.05, 3.63) is 12.0 Å². The zero-order valence-electron chi connectivity index (χ0n) is 10.6. The molecule has 1 fully saturated rings. The second-order valence-electron chi connectivity index (χ2n) is 4.52. The summed E-state index contributed by atoms with van der Waals surface area (Å²) in [6, 6.07) is 0.365. The van der Waals surface area contributed by atoms with E-state index in [1.807, 2.05) is 11.8 Å². The smallest absolute Gasteiger partial charge is 0.360 e. The molecule has 1 aliphatic heterocycles. The van der Waals surface area contributed by atoms with Crippen LogP contribution in [-0.4, -0.2) is 41.9 Å². The largest absolute Gasteiger partial charge is 0.461 e. The summed E-state index contributed by atoms with van der Waals surface area (Å²) in [5, 5.41) is 9.81. The molecule has 0 amide bonds. The molecule has 2 heterocycles. The van der Waals surface area contributed by atoms with Gasteiger partial charge >= 0.3 is 5.97 Å². The van der Waals surface area contributed by atoms with Crippen LogP contribution in [0.25, 0.3) is 0 Å². The van der Waals surface area contributed by atoms with Gasteiger partial charge in [-0.25, -0.2) is 4.79 Å². The summed E-state index contributed by atoms with van der Waals surface area (Å²) >= 11 is 0. The van der Waals surface area contributed by atoms with Crippen molar-refractivity contribution in [3.63, 3.8) is 0 Å². The van der Waals surface area contributed by atoms with Crippen LogP contribution in [0.2, 0.25) is 0 Å². The lowest BCUT2D eigenvalue weighted by atomic mass is 9.96. The highest BCUT2D eigenvalue weighted by atomic mass is 16.5. The molecule has 0 saturated carbocycles. The number of aliphatic hydroxyl groups excluding tert-OH is 1. The Morgan fingerprint density at radius 1 is 1.72 bits per heavy atom. The third-order valence-corrected chi connectivity index (χ3v) is 3.17. The number of aliphatic hydroxyl groups is 1. The SMILES string of the molecule is CCOC(=O)c1coc(N2CCC(C)C(O)C2)n1. The molecule has 2 atom stereocenters. The highest BCUT2D eigenvalue weighted by Gasteiger charge is 2.27. The summed E-state index contributed by atoms with van der Waals surface area (Å²) in [6.07, 6.45) is 1.77. The number of anilines is 1. The van der Waals surface area contributed by atoms with E-state index in [1.165, 1.54) is 6.26 Å². The Kier molecular flexibility index (Phi) is 3.86. The van der Waals surface area contributed by atoms with Crippen LogP contribution < -0.4 is 4.90 Å². The number of β-amino-alcohol motifs (C(OH)–C–C–N with tert-alkyl or cyclic N) is 1. The molecule has 6 heteroatoms. The zero-order chi connectivity index (χ0) is 13.1. The number of esters is 1. The van der Waals surface area contributed by atoms with Crippen molar-refractivity contribution in [1.82, 2.24) is 4.98 Å². The van der Waals surface area contributed by atoms with E-state index in [0.29, 0.717) is 19.2 Å². The summed E-state index contributed by atoms with van der Waals surface area (Å²) in [5.41, 5.74) is 0.167. The number of rotatable bonds is 3. The van der Waals surface area contributed by atoms with E-state index in [0.717, 1.165) is 13.0 Å². The summed E-state index contributed by atoms with van der Waals surface area (Å²) in [5.74, 6) is -0.209. The lowest BCUT2D eigenvalue weighted by Crippen LogP contribution is -2.43. The van der Waals surface area contributed by atoms with E-state index in [2.05, 4.69) is 4.98 Å². The minimum absolute atomic E-state index is 0.167. The lowest BCUT2D eigenvalue weighted by molar-refractivity contribution is 0.0519. The maximum absolute atomic E-state index is 11.4. The lowest BCUT2D eigenvalue weighted by Gasteiger charge is -2.33. The topological polar surface area (TPSA) is 75.8 Å². The van der Waals surface area contributed by atoms with Gasteiger partial charge in [0, 0.05) is 13.1 Å². The van der Waals surface area contributed by atoms with E-state index in [4.69, 9.17) is 9.15 Å². The Labute approximate surface area is 106 Å². The quantitative estimate of drug-likeness (QED) is 0.813. The van der Waals surface area contributed by atoms with E-state index in [-0.39, 0.29) is 11.6 Å². The van der Waals surface area contributed by atoms with Gasteiger partial charge in [0.25, 0.3) is 6.01 Å². The summed E-state index contributed by atoms with van der Waals surface area (Å²) < 4.78 is 10.1. The Morgan fingerprint density at radius 2 is 2.50 bits per heavy atom. The Hall–Kier alpha value is -1.56. The number of nitrogens with zero attached hydrogens (tertiary/aromatic N) is 2. The fourth-order valence-corrected chi connectivity index (χ4v) is 1.93. The predicted octanol–water partition coefficient (Wildman–Crippen LogP) is 1.06. The van der Waals surface area contributed by atoms with Gasteiger partial charge in [0.05, 0.1) is 12.7 Å². The van der Waals surface area contributed by atoms with Crippen molar-refractivity contribution >= 4 is 12.0 Å². The first-order chi connectivity index (χ1) is 8.61. The third kappa shape index (κ3) is 2.64. The molecule has 1 aromatic heterocycles. The van der Waals surface area contributed by atoms with Crippen LogP contribution in [-0.2, 0) is 4.74 Å². The van der Waals surface area contributed by atoms with Crippen LogP contribution >= 0.6 is 0 Å². The first kappa shape index (κ1) is 12.9. The number of hydrogen-bond acceptors (Lipinski definition) is 6. The van der Waals surface area contributed by atoms with Crippen LogP contribution in [0.5, 0.6) is 0 Å². The molecule has 0 aromatic carbocycles. The molecule has 1 saturated heterocycles. The van der Waals surface area contributed by atoms with Crippen molar-refractivity contribution < 1.29 is 19.1 Å². The van der Waals surface area contributed by atoms with E-state index in [9.17, 15) is 9.90 Å². The Balaban J connectivity index is 2.04. The molecule has 2 unspecified atom stereocenters. The first-order valence-electron chi connectivity index (χ1n) is 6.17. The number of aromatic nitrogens is 1. The standard InChI is InChI=1S/C12H18N2O4/c1-3-17-11(16)9-7-18-12(13-9)14-5-4-8(2)10(15)6-14/h7-8,10,15H,3-6H2,1-2H3. The fourth-order valence-electron chi connectivity index (χ4n) is 1.93. The van der Waals surface area contributed by atoms with Gasteiger partial charge in [-0.3, -0.25) is 0 Å². The van der Waals surface area contributed by atoms with Gasteiger partial charge in [-0.05, 0) is 19.3 Å². The number of oxazole rings is 1. The van der Waals surface area contributed by atoms with Crippen molar-refractivity contribution in [2.24, 2.45) is 5.92 Å². The van der Waals surface area contributed by atoms with Crippen LogP contribution in [0.3, 0.4) is 0 Å². The van der Waals surface area contributed by atoms with Gasteiger partial charge in [-0.1, -0.05) is 6.92 Å². The number of carbonyl (C=O) groups excluding carboxylic acids is 1. The molecule has 0 spiro atoms. The molecular formula is C12H18N2O4. The molecule has 1 aliphatic rings. The number of carbonyl (C=O) groups is 1. The third-order valence-electron chi connectivity index (χ3n) is 3.17. The first-order valence-corrected chi connectivity index (χ1v) is 6.17. The van der Waals surface area contributed by atoms with Gasteiger partial charge in [-0.15, -0.1) is 0 Å². The molecule has 1 N–H and O–H groups in total. The van der Waals surface area contributed by atoms with Crippen LogP contribution in [0, 0.1) is 5.92 Å². The molecule has 6 nitrogen and oxygen atoms in total. The number of hydrogen-bond donors (Lipinski definition) is 1. The van der Waals surface area contributed by atoms with E-state index in [1.54, 1.807) is 6.92 Å². The van der Waals surface area contributed by atoms with Gasteiger partial charge in [0.2, 0.25) is 0 Å². The van der Waals surface area contributed by atoms with Crippen molar-refractivity contribution in [2.45, 2.75) is 26.4 Å². The summed E-state index contributed by atoms with van der Waals surface area (Å²) in [7, 11) is 0. The second kappa shape index (κ2) is 5.39. The molecule has 0 radical (unpaired) electrons. The van der Waals surface area contributed by atoms with Gasteiger partial charge < -0.3 is 19.2 Å². The monoisotopic (exact) mass is 254 g/mol. The van der Waals surface area contributed by atoms with Crippen molar-refractivity contribution in [1.29, 1.82) is 0 Å². The predicted molar refractivity (Wildman–Crippen MR) is 64.5 cm³/mol. The average Bonchev–Trinajstić information content (AvgIpc) is 2.82. The molecule has 0 bridgehead atoms. The molecular weight excluding hydrogens is 236 g/mol. The maximum atomic E-state index is 11.4. The molecule has 1 aromatic rings. The second-order valence-corrected chi connectivity index (χ2v) is 4.52. The van der Waals surface area contributed by atoms with Crippen LogP contribution in [0.15, 0.2) is 10.7 Å². The highest BCUT2D eigenvalue weighted by Crippen LogP contribution is 2.22. The zero-order valence-corrected chi connectivity index (χ0v) is 10.6. The minimum Gasteiger partial charge on any atom is -0.461 e. The van der Waals surface area contributed by atoms with Crippen molar-refractivity contribution in [3.8, 4) is 0 Å². The molecule has 2 rings (SSSR count). The average molecular weight is 254 g/mol. The number of piperidine rings is 1. The van der Waals surface area contributed by atoms with Gasteiger partial charge in [-0.2, -0.15) is 4.98 Å². The number of ether oxygens (including phenoxy) is 1. The maximum Gasteiger partial charge on any atom is 0.360 e. The Bertz CT molecular complexity index is 418. The van der Waals surface area contributed by atoms with Crippen LogP contribution in [0.1, 0.15) is 30.8 Å². The molecule has 100 valence electrons. The Morgan fingerprint density at radius 3 is 3.17 bits per heavy atom. The highest BCUT2D eigenvalue weighted by molar-refractivity contribution is 5.87. The molecule has 0 aliphatic carbocycles. The fraction of sp³-hybridized carbons (Fsp3) is 0.667.